The van der Waals surface area contributed by atoms with Gasteiger partial charge in [0.1, 0.15) is 5.82 Å². The number of benzene rings is 2. The van der Waals surface area contributed by atoms with Gasteiger partial charge in [-0.1, -0.05) is 35.4 Å². The Morgan fingerprint density at radius 2 is 1.57 bits per heavy atom. The topological polar surface area (TPSA) is 92.3 Å². The minimum Gasteiger partial charge on any atom is -0.322 e. The minimum absolute atomic E-state index is 0.00478. The standard InChI is InChI=1S/C22H24N4O3S/c1-15-5-8-19(9-6-15)30(28,29)26(4)14-21-23-12-18(13-24-21)22(27)25-20-10-7-16(2)11-17(20)3/h5-13H,14H2,1-4H3,(H,25,27). The Morgan fingerprint density at radius 1 is 0.967 bits per heavy atom. The van der Waals surface area contributed by atoms with Crippen LogP contribution >= 0.6 is 0 Å². The number of hydrogen-bond donors (Lipinski definition) is 1. The lowest BCUT2D eigenvalue weighted by atomic mass is 10.1. The van der Waals surface area contributed by atoms with Crippen molar-refractivity contribution in [3.05, 3.63) is 82.9 Å². The average molecular weight is 425 g/mol. The van der Waals surface area contributed by atoms with Gasteiger partial charge in [-0.3, -0.25) is 4.79 Å². The second kappa shape index (κ2) is 8.73. The van der Waals surface area contributed by atoms with Crippen molar-refractivity contribution < 1.29 is 13.2 Å². The molecule has 0 unspecified atom stereocenters. The first-order valence-electron chi connectivity index (χ1n) is 9.39. The van der Waals surface area contributed by atoms with Gasteiger partial charge in [0, 0.05) is 25.1 Å². The minimum atomic E-state index is -3.66. The van der Waals surface area contributed by atoms with Gasteiger partial charge in [-0.25, -0.2) is 18.4 Å². The molecule has 3 aromatic rings. The van der Waals surface area contributed by atoms with Gasteiger partial charge >= 0.3 is 0 Å². The van der Waals surface area contributed by atoms with Gasteiger partial charge in [0.2, 0.25) is 10.0 Å². The molecule has 0 spiro atoms. The van der Waals surface area contributed by atoms with Crippen molar-refractivity contribution >= 4 is 21.6 Å². The fourth-order valence-electron chi connectivity index (χ4n) is 2.88. The second-order valence-electron chi connectivity index (χ2n) is 7.23. The summed E-state index contributed by atoms with van der Waals surface area (Å²) in [4.78, 5) is 21.0. The van der Waals surface area contributed by atoms with Crippen molar-refractivity contribution in [3.8, 4) is 0 Å². The molecular formula is C22H24N4O3S. The van der Waals surface area contributed by atoms with Crippen LogP contribution in [0.25, 0.3) is 0 Å². The predicted molar refractivity (Wildman–Crippen MR) is 116 cm³/mol. The second-order valence-corrected chi connectivity index (χ2v) is 9.28. The largest absolute Gasteiger partial charge is 0.322 e. The number of aromatic nitrogens is 2. The van der Waals surface area contributed by atoms with Gasteiger partial charge in [0.15, 0.2) is 0 Å². The number of anilines is 1. The molecule has 0 radical (unpaired) electrons. The van der Waals surface area contributed by atoms with Crippen LogP contribution in [0.15, 0.2) is 59.8 Å². The van der Waals surface area contributed by atoms with Crippen LogP contribution < -0.4 is 5.32 Å². The number of amides is 1. The molecule has 2 aromatic carbocycles. The van der Waals surface area contributed by atoms with Crippen molar-refractivity contribution in [1.29, 1.82) is 0 Å². The molecule has 8 heteroatoms. The summed E-state index contributed by atoms with van der Waals surface area (Å²) in [7, 11) is -2.18. The number of nitrogens with one attached hydrogen (secondary N) is 1. The third-order valence-corrected chi connectivity index (χ3v) is 6.51. The fraction of sp³-hybridized carbons (Fsp3) is 0.227. The van der Waals surface area contributed by atoms with E-state index in [4.69, 9.17) is 0 Å². The van der Waals surface area contributed by atoms with Gasteiger partial charge in [-0.15, -0.1) is 0 Å². The summed E-state index contributed by atoms with van der Waals surface area (Å²) >= 11 is 0. The lowest BCUT2D eigenvalue weighted by Gasteiger charge is -2.16. The zero-order valence-electron chi connectivity index (χ0n) is 17.4. The summed E-state index contributed by atoms with van der Waals surface area (Å²) in [6.07, 6.45) is 2.79. The van der Waals surface area contributed by atoms with Crippen molar-refractivity contribution in [3.63, 3.8) is 0 Å². The zero-order valence-corrected chi connectivity index (χ0v) is 18.2. The van der Waals surface area contributed by atoms with E-state index < -0.39 is 10.0 Å². The molecule has 3 rings (SSSR count). The van der Waals surface area contributed by atoms with E-state index in [1.807, 2.05) is 39.0 Å². The van der Waals surface area contributed by atoms with Crippen LogP contribution in [0.4, 0.5) is 5.69 Å². The summed E-state index contributed by atoms with van der Waals surface area (Å²) in [5.41, 5.74) is 4.07. The van der Waals surface area contributed by atoms with Gasteiger partial charge < -0.3 is 5.32 Å². The van der Waals surface area contributed by atoms with Crippen molar-refractivity contribution in [2.24, 2.45) is 0 Å². The van der Waals surface area contributed by atoms with E-state index in [1.54, 1.807) is 24.3 Å². The first-order chi connectivity index (χ1) is 14.2. The Balaban J connectivity index is 1.69. The predicted octanol–water partition coefficient (Wildman–Crippen LogP) is 3.47. The van der Waals surface area contributed by atoms with E-state index in [-0.39, 0.29) is 17.3 Å². The average Bonchev–Trinajstić information content (AvgIpc) is 2.71. The molecule has 30 heavy (non-hydrogen) atoms. The van der Waals surface area contributed by atoms with Crippen molar-refractivity contribution in [2.45, 2.75) is 32.2 Å². The molecule has 156 valence electrons. The molecule has 7 nitrogen and oxygen atoms in total. The fourth-order valence-corrected chi connectivity index (χ4v) is 4.00. The van der Waals surface area contributed by atoms with Crippen LogP contribution in [-0.4, -0.2) is 35.6 Å². The molecule has 1 heterocycles. The van der Waals surface area contributed by atoms with E-state index in [1.165, 1.54) is 23.7 Å². The zero-order chi connectivity index (χ0) is 21.9. The molecule has 1 N–H and O–H groups in total. The maximum Gasteiger partial charge on any atom is 0.258 e. The van der Waals surface area contributed by atoms with Crippen LogP contribution in [0.5, 0.6) is 0 Å². The first kappa shape index (κ1) is 21.6. The molecule has 0 aliphatic rings. The molecule has 1 amide bonds. The molecule has 1 aromatic heterocycles. The molecule has 0 atom stereocenters. The SMILES string of the molecule is Cc1ccc(S(=O)(=O)N(C)Cc2ncc(C(=O)Nc3ccc(C)cc3C)cn2)cc1. The maximum absolute atomic E-state index is 12.7. The van der Waals surface area contributed by atoms with E-state index in [0.717, 1.165) is 22.4 Å². The number of nitrogens with zero attached hydrogens (tertiary/aromatic N) is 3. The lowest BCUT2D eigenvalue weighted by Crippen LogP contribution is -2.27. The molecule has 0 saturated carbocycles. The molecule has 0 bridgehead atoms. The van der Waals surface area contributed by atoms with Crippen LogP contribution in [0, 0.1) is 20.8 Å². The van der Waals surface area contributed by atoms with E-state index >= 15 is 0 Å². The van der Waals surface area contributed by atoms with E-state index in [0.29, 0.717) is 11.4 Å². The van der Waals surface area contributed by atoms with E-state index in [9.17, 15) is 13.2 Å². The molecule has 0 aliphatic carbocycles. The Labute approximate surface area is 176 Å². The van der Waals surface area contributed by atoms with Gasteiger partial charge in [0.25, 0.3) is 5.91 Å². The molecule has 0 fully saturated rings. The normalized spacial score (nSPS) is 11.5. The quantitative estimate of drug-likeness (QED) is 0.654. The van der Waals surface area contributed by atoms with Gasteiger partial charge in [-0.05, 0) is 44.5 Å². The summed E-state index contributed by atoms with van der Waals surface area (Å²) in [6.45, 7) is 5.80. The molecule has 0 saturated heterocycles. The highest BCUT2D eigenvalue weighted by atomic mass is 32.2. The van der Waals surface area contributed by atoms with Crippen LogP contribution in [0.1, 0.15) is 32.9 Å². The Kier molecular flexibility index (Phi) is 6.28. The lowest BCUT2D eigenvalue weighted by molar-refractivity contribution is 0.102. The highest BCUT2D eigenvalue weighted by Crippen LogP contribution is 2.18. The van der Waals surface area contributed by atoms with Crippen molar-refractivity contribution in [1.82, 2.24) is 14.3 Å². The highest BCUT2D eigenvalue weighted by molar-refractivity contribution is 7.89. The summed E-state index contributed by atoms with van der Waals surface area (Å²) in [6, 6.07) is 12.4. The third-order valence-electron chi connectivity index (χ3n) is 4.69. The number of aryl methyl sites for hydroxylation is 3. The van der Waals surface area contributed by atoms with Crippen LogP contribution in [0.2, 0.25) is 0 Å². The number of hydrogen-bond acceptors (Lipinski definition) is 5. The summed E-state index contributed by atoms with van der Waals surface area (Å²) in [5.74, 6) is -0.0228. The van der Waals surface area contributed by atoms with Crippen LogP contribution in [-0.2, 0) is 16.6 Å². The third kappa shape index (κ3) is 4.90. The Bertz CT molecular complexity index is 1160. The Hall–Kier alpha value is -3.10. The molecule has 0 aliphatic heterocycles. The maximum atomic E-state index is 12.7. The number of sulfonamides is 1. The first-order valence-corrected chi connectivity index (χ1v) is 10.8. The van der Waals surface area contributed by atoms with Crippen molar-refractivity contribution in [2.75, 3.05) is 12.4 Å². The smallest absolute Gasteiger partial charge is 0.258 e. The highest BCUT2D eigenvalue weighted by Gasteiger charge is 2.21. The Morgan fingerprint density at radius 3 is 2.17 bits per heavy atom. The molecular weight excluding hydrogens is 400 g/mol. The van der Waals surface area contributed by atoms with Gasteiger partial charge in [0.05, 0.1) is 17.0 Å². The summed E-state index contributed by atoms with van der Waals surface area (Å²) in [5, 5.41) is 2.84. The number of rotatable bonds is 6. The monoisotopic (exact) mass is 424 g/mol. The van der Waals surface area contributed by atoms with Gasteiger partial charge in [-0.2, -0.15) is 4.31 Å². The number of carbonyl (C=O) groups excluding carboxylic acids is 1. The number of carbonyl (C=O) groups is 1. The summed E-state index contributed by atoms with van der Waals surface area (Å²) < 4.78 is 26.6. The van der Waals surface area contributed by atoms with E-state index in [2.05, 4.69) is 15.3 Å². The van der Waals surface area contributed by atoms with Crippen LogP contribution in [0.3, 0.4) is 0 Å².